The summed E-state index contributed by atoms with van der Waals surface area (Å²) >= 11 is 0. The molecule has 0 radical (unpaired) electrons. The van der Waals surface area contributed by atoms with Crippen molar-refractivity contribution < 1.29 is 15.0 Å². The lowest BCUT2D eigenvalue weighted by Crippen LogP contribution is -2.44. The Bertz CT molecular complexity index is 386. The smallest absolute Gasteiger partial charge is 0.179 e. The van der Waals surface area contributed by atoms with Crippen LogP contribution in [-0.2, 0) is 0 Å². The maximum atomic E-state index is 12.4. The number of hydrogen-bond donors (Lipinski definition) is 3. The Morgan fingerprint density at radius 1 is 1.21 bits per heavy atom. The molecule has 0 aromatic heterocycles. The molecule has 1 atom stereocenters. The van der Waals surface area contributed by atoms with E-state index >= 15 is 0 Å². The van der Waals surface area contributed by atoms with E-state index in [4.69, 9.17) is 15.9 Å². The van der Waals surface area contributed by atoms with E-state index in [0.29, 0.717) is 30.8 Å². The highest BCUT2D eigenvalue weighted by molar-refractivity contribution is 6.00. The predicted octanol–water partition coefficient (Wildman–Crippen LogP) is 0.517. The third kappa shape index (κ3) is 4.31. The Hall–Kier alpha value is -1.43. The van der Waals surface area contributed by atoms with Gasteiger partial charge >= 0.3 is 0 Å². The second-order valence-corrected chi connectivity index (χ2v) is 4.39. The SMILES string of the molecule is CCC(C(=O)c1ccc(N)cc1)N(CCO)CCO. The minimum Gasteiger partial charge on any atom is -0.399 e. The number of benzene rings is 1. The van der Waals surface area contributed by atoms with Crippen LogP contribution in [-0.4, -0.2) is 53.2 Å². The number of carbonyl (C=O) groups excluding carboxylic acids is 1. The van der Waals surface area contributed by atoms with E-state index < -0.39 is 0 Å². The number of aliphatic hydroxyl groups is 2. The van der Waals surface area contributed by atoms with Gasteiger partial charge in [-0.05, 0) is 30.7 Å². The molecule has 1 unspecified atom stereocenters. The van der Waals surface area contributed by atoms with E-state index in [1.807, 2.05) is 6.92 Å². The number of nitrogens with two attached hydrogens (primary N) is 1. The van der Waals surface area contributed by atoms with Crippen molar-refractivity contribution in [2.45, 2.75) is 19.4 Å². The zero-order chi connectivity index (χ0) is 14.3. The average molecular weight is 266 g/mol. The first-order valence-electron chi connectivity index (χ1n) is 6.49. The van der Waals surface area contributed by atoms with Crippen LogP contribution in [0.1, 0.15) is 23.7 Å². The molecule has 1 aromatic carbocycles. The molecular formula is C14H22N2O3. The van der Waals surface area contributed by atoms with E-state index in [-0.39, 0.29) is 25.0 Å². The van der Waals surface area contributed by atoms with Crippen molar-refractivity contribution in [1.82, 2.24) is 4.90 Å². The van der Waals surface area contributed by atoms with Crippen molar-refractivity contribution in [3.05, 3.63) is 29.8 Å². The topological polar surface area (TPSA) is 86.8 Å². The molecule has 5 heteroatoms. The van der Waals surface area contributed by atoms with Gasteiger partial charge in [-0.2, -0.15) is 0 Å². The Morgan fingerprint density at radius 3 is 2.16 bits per heavy atom. The van der Waals surface area contributed by atoms with E-state index in [0.717, 1.165) is 0 Å². The molecule has 0 saturated carbocycles. The van der Waals surface area contributed by atoms with E-state index in [1.54, 1.807) is 29.2 Å². The Balaban J connectivity index is 2.87. The molecule has 0 heterocycles. The van der Waals surface area contributed by atoms with Crippen molar-refractivity contribution in [1.29, 1.82) is 0 Å². The fraction of sp³-hybridized carbons (Fsp3) is 0.500. The minimum absolute atomic E-state index is 0.00981. The Kier molecular flexibility index (Phi) is 6.49. The van der Waals surface area contributed by atoms with Gasteiger partial charge in [0.05, 0.1) is 19.3 Å². The van der Waals surface area contributed by atoms with Crippen molar-refractivity contribution in [3.63, 3.8) is 0 Å². The van der Waals surface area contributed by atoms with Gasteiger partial charge in [0, 0.05) is 24.3 Å². The van der Waals surface area contributed by atoms with Gasteiger partial charge in [0.1, 0.15) is 0 Å². The first-order valence-corrected chi connectivity index (χ1v) is 6.49. The van der Waals surface area contributed by atoms with Gasteiger partial charge in [-0.3, -0.25) is 9.69 Å². The summed E-state index contributed by atoms with van der Waals surface area (Å²) in [6.45, 7) is 2.60. The number of anilines is 1. The van der Waals surface area contributed by atoms with Crippen LogP contribution in [0, 0.1) is 0 Å². The number of nitrogens with zero attached hydrogens (tertiary/aromatic N) is 1. The molecule has 0 fully saturated rings. The lowest BCUT2D eigenvalue weighted by molar-refractivity contribution is 0.0733. The minimum atomic E-state index is -0.331. The third-order valence-electron chi connectivity index (χ3n) is 3.10. The summed E-state index contributed by atoms with van der Waals surface area (Å²) in [5, 5.41) is 18.1. The van der Waals surface area contributed by atoms with Gasteiger partial charge in [-0.15, -0.1) is 0 Å². The highest BCUT2D eigenvalue weighted by Crippen LogP contribution is 2.14. The van der Waals surface area contributed by atoms with Crippen molar-refractivity contribution >= 4 is 11.5 Å². The first-order chi connectivity index (χ1) is 9.13. The zero-order valence-electron chi connectivity index (χ0n) is 11.2. The van der Waals surface area contributed by atoms with Gasteiger partial charge < -0.3 is 15.9 Å². The van der Waals surface area contributed by atoms with Crippen LogP contribution in [0.15, 0.2) is 24.3 Å². The van der Waals surface area contributed by atoms with Gasteiger partial charge in [0.15, 0.2) is 5.78 Å². The van der Waals surface area contributed by atoms with Crippen LogP contribution >= 0.6 is 0 Å². The standard InChI is InChI=1S/C14H22N2O3/c1-2-13(16(7-9-17)8-10-18)14(19)11-3-5-12(15)6-4-11/h3-6,13,17-18H,2,7-10,15H2,1H3. The number of hydrogen-bond acceptors (Lipinski definition) is 5. The predicted molar refractivity (Wildman–Crippen MR) is 75.0 cm³/mol. The summed E-state index contributed by atoms with van der Waals surface area (Å²) in [4.78, 5) is 14.2. The summed E-state index contributed by atoms with van der Waals surface area (Å²) in [7, 11) is 0. The summed E-state index contributed by atoms with van der Waals surface area (Å²) in [6, 6.07) is 6.47. The molecule has 0 bridgehead atoms. The van der Waals surface area contributed by atoms with Crippen LogP contribution < -0.4 is 5.73 Å². The largest absolute Gasteiger partial charge is 0.399 e. The highest BCUT2D eigenvalue weighted by atomic mass is 16.3. The Labute approximate surface area is 113 Å². The number of rotatable bonds is 8. The molecule has 0 aliphatic carbocycles. The van der Waals surface area contributed by atoms with Crippen molar-refractivity contribution in [2.24, 2.45) is 0 Å². The Morgan fingerprint density at radius 2 is 1.74 bits per heavy atom. The highest BCUT2D eigenvalue weighted by Gasteiger charge is 2.24. The number of Topliss-reactive ketones (excluding diaryl/α,β-unsaturated/α-hetero) is 1. The maximum Gasteiger partial charge on any atom is 0.179 e. The van der Waals surface area contributed by atoms with E-state index in [1.165, 1.54) is 0 Å². The summed E-state index contributed by atoms with van der Waals surface area (Å²) in [5.74, 6) is -0.00981. The van der Waals surface area contributed by atoms with Gasteiger partial charge in [0.2, 0.25) is 0 Å². The monoisotopic (exact) mass is 266 g/mol. The quantitative estimate of drug-likeness (QED) is 0.471. The molecule has 0 amide bonds. The van der Waals surface area contributed by atoms with E-state index in [2.05, 4.69) is 0 Å². The zero-order valence-corrected chi connectivity index (χ0v) is 11.2. The van der Waals surface area contributed by atoms with Gasteiger partial charge in [0.25, 0.3) is 0 Å². The number of carbonyl (C=O) groups is 1. The van der Waals surface area contributed by atoms with Crippen LogP contribution in [0.2, 0.25) is 0 Å². The average Bonchev–Trinajstić information content (AvgIpc) is 2.40. The van der Waals surface area contributed by atoms with Crippen molar-refractivity contribution in [2.75, 3.05) is 32.0 Å². The van der Waals surface area contributed by atoms with Crippen molar-refractivity contribution in [3.8, 4) is 0 Å². The normalized spacial score (nSPS) is 12.6. The van der Waals surface area contributed by atoms with Crippen LogP contribution in [0.4, 0.5) is 5.69 Å². The van der Waals surface area contributed by atoms with E-state index in [9.17, 15) is 4.79 Å². The molecule has 0 aliphatic rings. The third-order valence-corrected chi connectivity index (χ3v) is 3.10. The molecule has 4 N–H and O–H groups in total. The molecular weight excluding hydrogens is 244 g/mol. The fourth-order valence-electron chi connectivity index (χ4n) is 2.13. The van der Waals surface area contributed by atoms with Crippen LogP contribution in [0.3, 0.4) is 0 Å². The molecule has 0 aliphatic heterocycles. The maximum absolute atomic E-state index is 12.4. The number of aliphatic hydroxyl groups excluding tert-OH is 2. The second kappa shape index (κ2) is 7.89. The second-order valence-electron chi connectivity index (χ2n) is 4.39. The lowest BCUT2D eigenvalue weighted by Gasteiger charge is -2.28. The number of nitrogen functional groups attached to an aromatic ring is 1. The summed E-state index contributed by atoms with van der Waals surface area (Å²) in [6.07, 6.45) is 0.628. The number of ketones is 1. The van der Waals surface area contributed by atoms with Gasteiger partial charge in [-0.25, -0.2) is 0 Å². The van der Waals surface area contributed by atoms with Gasteiger partial charge in [-0.1, -0.05) is 6.92 Å². The molecule has 19 heavy (non-hydrogen) atoms. The molecule has 5 nitrogen and oxygen atoms in total. The first kappa shape index (κ1) is 15.6. The molecule has 0 saturated heterocycles. The fourth-order valence-corrected chi connectivity index (χ4v) is 2.13. The molecule has 106 valence electrons. The van der Waals surface area contributed by atoms with Crippen LogP contribution in [0.5, 0.6) is 0 Å². The van der Waals surface area contributed by atoms with Crippen LogP contribution in [0.25, 0.3) is 0 Å². The summed E-state index contributed by atoms with van der Waals surface area (Å²) < 4.78 is 0. The molecule has 1 aromatic rings. The lowest BCUT2D eigenvalue weighted by atomic mass is 10.0. The molecule has 0 spiro atoms. The summed E-state index contributed by atoms with van der Waals surface area (Å²) in [5.41, 5.74) is 6.82. The molecule has 1 rings (SSSR count).